The van der Waals surface area contributed by atoms with Crippen molar-refractivity contribution in [1.82, 2.24) is 4.90 Å². The molecule has 0 spiro atoms. The van der Waals surface area contributed by atoms with E-state index in [9.17, 15) is 4.79 Å². The highest BCUT2D eigenvalue weighted by molar-refractivity contribution is 6.33. The van der Waals surface area contributed by atoms with Gasteiger partial charge in [0.2, 0.25) is 5.91 Å². The molecule has 1 aromatic rings. The minimum absolute atomic E-state index is 0.00598. The first-order chi connectivity index (χ1) is 7.58. The number of nitrogens with two attached hydrogens (primary N) is 1. The van der Waals surface area contributed by atoms with E-state index in [4.69, 9.17) is 28.9 Å². The lowest BCUT2D eigenvalue weighted by molar-refractivity contribution is -0.130. The van der Waals surface area contributed by atoms with E-state index >= 15 is 0 Å². The van der Waals surface area contributed by atoms with Gasteiger partial charge in [-0.25, -0.2) is 0 Å². The van der Waals surface area contributed by atoms with Gasteiger partial charge in [-0.2, -0.15) is 0 Å². The van der Waals surface area contributed by atoms with Gasteiger partial charge in [-0.15, -0.1) is 0 Å². The van der Waals surface area contributed by atoms with Crippen molar-refractivity contribution < 1.29 is 4.79 Å². The van der Waals surface area contributed by atoms with Crippen LogP contribution in [0, 0.1) is 0 Å². The number of amides is 1. The van der Waals surface area contributed by atoms with E-state index < -0.39 is 0 Å². The number of likely N-dealkylation sites (N-methyl/N-ethyl adjacent to an activating group) is 1. The third-order valence-corrected chi connectivity index (χ3v) is 2.88. The Morgan fingerprint density at radius 2 is 2.12 bits per heavy atom. The summed E-state index contributed by atoms with van der Waals surface area (Å²) in [5.41, 5.74) is 6.15. The molecule has 0 unspecified atom stereocenters. The zero-order valence-electron chi connectivity index (χ0n) is 9.04. The highest BCUT2D eigenvalue weighted by atomic mass is 35.5. The van der Waals surface area contributed by atoms with Crippen LogP contribution < -0.4 is 5.73 Å². The lowest BCUT2D eigenvalue weighted by atomic mass is 10.2. The van der Waals surface area contributed by atoms with Crippen molar-refractivity contribution in [3.8, 4) is 0 Å². The van der Waals surface area contributed by atoms with E-state index in [0.717, 1.165) is 5.56 Å². The summed E-state index contributed by atoms with van der Waals surface area (Å²) >= 11 is 11.9. The molecule has 3 nitrogen and oxygen atoms in total. The van der Waals surface area contributed by atoms with Gasteiger partial charge in [0.05, 0.1) is 6.54 Å². The second kappa shape index (κ2) is 6.09. The summed E-state index contributed by atoms with van der Waals surface area (Å²) in [4.78, 5) is 13.1. The minimum Gasteiger partial charge on any atom is -0.337 e. The zero-order chi connectivity index (χ0) is 12.1. The standard InChI is InChI=1S/C11H14Cl2N2O/c1-2-15(11(16)6-14)7-8-5-9(12)3-4-10(8)13/h3-5H,2,6-7,14H2,1H3. The molecule has 0 radical (unpaired) electrons. The van der Waals surface area contributed by atoms with Crippen LogP contribution in [0.1, 0.15) is 12.5 Å². The maximum absolute atomic E-state index is 11.5. The molecule has 5 heteroatoms. The topological polar surface area (TPSA) is 46.3 Å². The Hall–Kier alpha value is -0.770. The van der Waals surface area contributed by atoms with E-state index in [0.29, 0.717) is 23.1 Å². The van der Waals surface area contributed by atoms with Crippen molar-refractivity contribution in [2.45, 2.75) is 13.5 Å². The smallest absolute Gasteiger partial charge is 0.236 e. The monoisotopic (exact) mass is 260 g/mol. The van der Waals surface area contributed by atoms with Gasteiger partial charge in [0.1, 0.15) is 0 Å². The number of benzene rings is 1. The highest BCUT2D eigenvalue weighted by Gasteiger charge is 2.12. The Balaban J connectivity index is 2.85. The van der Waals surface area contributed by atoms with Gasteiger partial charge in [0, 0.05) is 23.1 Å². The summed E-state index contributed by atoms with van der Waals surface area (Å²) in [5.74, 6) is -0.0986. The number of carbonyl (C=O) groups excluding carboxylic acids is 1. The summed E-state index contributed by atoms with van der Waals surface area (Å²) in [7, 11) is 0. The third kappa shape index (κ3) is 3.37. The molecular weight excluding hydrogens is 247 g/mol. The lowest BCUT2D eigenvalue weighted by Gasteiger charge is -2.20. The van der Waals surface area contributed by atoms with Crippen molar-refractivity contribution in [1.29, 1.82) is 0 Å². The summed E-state index contributed by atoms with van der Waals surface area (Å²) in [6.07, 6.45) is 0. The van der Waals surface area contributed by atoms with Crippen LogP contribution in [0.25, 0.3) is 0 Å². The SMILES string of the molecule is CCN(Cc1cc(Cl)ccc1Cl)C(=O)CN. The number of nitrogens with zero attached hydrogens (tertiary/aromatic N) is 1. The van der Waals surface area contributed by atoms with Crippen LogP contribution in [0.15, 0.2) is 18.2 Å². The van der Waals surface area contributed by atoms with Gasteiger partial charge in [-0.1, -0.05) is 23.2 Å². The lowest BCUT2D eigenvalue weighted by Crippen LogP contribution is -2.35. The molecule has 1 amide bonds. The largest absolute Gasteiger partial charge is 0.337 e. The zero-order valence-corrected chi connectivity index (χ0v) is 10.6. The maximum atomic E-state index is 11.5. The van der Waals surface area contributed by atoms with Crippen molar-refractivity contribution in [3.05, 3.63) is 33.8 Å². The molecule has 0 bridgehead atoms. The Morgan fingerprint density at radius 3 is 2.69 bits per heavy atom. The normalized spacial score (nSPS) is 10.2. The quantitative estimate of drug-likeness (QED) is 0.903. The third-order valence-electron chi connectivity index (χ3n) is 2.28. The average molecular weight is 261 g/mol. The molecule has 1 aromatic carbocycles. The maximum Gasteiger partial charge on any atom is 0.236 e. The van der Waals surface area contributed by atoms with E-state index in [1.165, 1.54) is 0 Å². The van der Waals surface area contributed by atoms with Crippen LogP contribution in [-0.4, -0.2) is 23.9 Å². The molecule has 0 aliphatic rings. The number of hydrogen-bond donors (Lipinski definition) is 1. The van der Waals surface area contributed by atoms with Crippen molar-refractivity contribution >= 4 is 29.1 Å². The van der Waals surface area contributed by atoms with Crippen LogP contribution in [0.3, 0.4) is 0 Å². The van der Waals surface area contributed by atoms with Crippen LogP contribution in [-0.2, 0) is 11.3 Å². The first-order valence-electron chi connectivity index (χ1n) is 5.00. The van der Waals surface area contributed by atoms with Crippen molar-refractivity contribution in [2.75, 3.05) is 13.1 Å². The number of rotatable bonds is 4. The highest BCUT2D eigenvalue weighted by Crippen LogP contribution is 2.21. The van der Waals surface area contributed by atoms with Gasteiger partial charge in [0.15, 0.2) is 0 Å². The molecular formula is C11H14Cl2N2O. The molecule has 0 fully saturated rings. The first kappa shape index (κ1) is 13.3. The Labute approximate surface area is 105 Å². The van der Waals surface area contributed by atoms with Gasteiger partial charge in [-0.05, 0) is 30.7 Å². The molecule has 88 valence electrons. The number of halogens is 2. The molecule has 0 saturated carbocycles. The predicted molar refractivity (Wildman–Crippen MR) is 66.6 cm³/mol. The second-order valence-corrected chi connectivity index (χ2v) is 4.19. The van der Waals surface area contributed by atoms with E-state index in [2.05, 4.69) is 0 Å². The molecule has 0 aromatic heterocycles. The molecule has 0 heterocycles. The van der Waals surface area contributed by atoms with Gasteiger partial charge < -0.3 is 10.6 Å². The number of carbonyl (C=O) groups is 1. The van der Waals surface area contributed by atoms with Gasteiger partial charge in [-0.3, -0.25) is 4.79 Å². The first-order valence-corrected chi connectivity index (χ1v) is 5.75. The van der Waals surface area contributed by atoms with Crippen molar-refractivity contribution in [3.63, 3.8) is 0 Å². The van der Waals surface area contributed by atoms with Crippen LogP contribution >= 0.6 is 23.2 Å². The summed E-state index contributed by atoms with van der Waals surface area (Å²) < 4.78 is 0. The molecule has 0 aliphatic carbocycles. The molecule has 16 heavy (non-hydrogen) atoms. The predicted octanol–water partition coefficient (Wildman–Crippen LogP) is 2.30. The summed E-state index contributed by atoms with van der Waals surface area (Å²) in [6, 6.07) is 5.20. The van der Waals surface area contributed by atoms with Gasteiger partial charge >= 0.3 is 0 Å². The van der Waals surface area contributed by atoms with Gasteiger partial charge in [0.25, 0.3) is 0 Å². The average Bonchev–Trinajstić information content (AvgIpc) is 2.29. The molecule has 0 aliphatic heterocycles. The van der Waals surface area contributed by atoms with Crippen LogP contribution in [0.2, 0.25) is 10.0 Å². The number of hydrogen-bond acceptors (Lipinski definition) is 2. The molecule has 0 atom stereocenters. The second-order valence-electron chi connectivity index (χ2n) is 3.35. The Kier molecular flexibility index (Phi) is 5.06. The molecule has 2 N–H and O–H groups in total. The fourth-order valence-corrected chi connectivity index (χ4v) is 1.75. The van der Waals surface area contributed by atoms with Crippen molar-refractivity contribution in [2.24, 2.45) is 5.73 Å². The minimum atomic E-state index is -0.0986. The fourth-order valence-electron chi connectivity index (χ4n) is 1.38. The Morgan fingerprint density at radius 1 is 1.44 bits per heavy atom. The fraction of sp³-hybridized carbons (Fsp3) is 0.364. The van der Waals surface area contributed by atoms with E-state index in [-0.39, 0.29) is 12.5 Å². The summed E-state index contributed by atoms with van der Waals surface area (Å²) in [5, 5.41) is 1.21. The van der Waals surface area contributed by atoms with Crippen LogP contribution in [0.4, 0.5) is 0 Å². The van der Waals surface area contributed by atoms with E-state index in [1.807, 2.05) is 6.92 Å². The Bertz CT molecular complexity index is 382. The molecule has 0 saturated heterocycles. The molecule has 1 rings (SSSR count). The summed E-state index contributed by atoms with van der Waals surface area (Å²) in [6.45, 7) is 2.93. The van der Waals surface area contributed by atoms with Crippen LogP contribution in [0.5, 0.6) is 0 Å². The van der Waals surface area contributed by atoms with E-state index in [1.54, 1.807) is 23.1 Å².